The topological polar surface area (TPSA) is 67.8 Å². The summed E-state index contributed by atoms with van der Waals surface area (Å²) in [4.78, 5) is 21.0. The molecule has 0 spiro atoms. The predicted octanol–water partition coefficient (Wildman–Crippen LogP) is 3.69. The first-order valence-electron chi connectivity index (χ1n) is 7.77. The SMILES string of the molecule is Cc1cccc(-c2ncc([C@H]3CC(=O)Nc4snc(C)c43)cn2)c1. The molecule has 0 saturated heterocycles. The van der Waals surface area contributed by atoms with Crippen molar-refractivity contribution in [2.75, 3.05) is 5.32 Å². The zero-order valence-corrected chi connectivity index (χ0v) is 14.2. The van der Waals surface area contributed by atoms with Crippen LogP contribution in [0, 0.1) is 13.8 Å². The van der Waals surface area contributed by atoms with Crippen LogP contribution in [0.2, 0.25) is 0 Å². The van der Waals surface area contributed by atoms with Crippen molar-refractivity contribution in [1.82, 2.24) is 14.3 Å². The number of aryl methyl sites for hydroxylation is 2. The standard InChI is InChI=1S/C18H16N4OS/c1-10-4-3-5-12(6-10)17-19-8-13(9-20-17)14-7-15(23)21-18-16(14)11(2)22-24-18/h3-6,8-9,14H,7H2,1-2H3,(H,21,23)/t14-/m1/s1. The summed E-state index contributed by atoms with van der Waals surface area (Å²) in [6, 6.07) is 8.11. The van der Waals surface area contributed by atoms with Crippen LogP contribution in [0.1, 0.15) is 34.7 Å². The number of benzene rings is 1. The Morgan fingerprint density at radius 2 is 2.00 bits per heavy atom. The molecule has 1 amide bonds. The van der Waals surface area contributed by atoms with Crippen LogP contribution < -0.4 is 5.32 Å². The number of hydrogen-bond donors (Lipinski definition) is 1. The van der Waals surface area contributed by atoms with Crippen molar-refractivity contribution in [3.63, 3.8) is 0 Å². The van der Waals surface area contributed by atoms with Crippen LogP contribution in [0.3, 0.4) is 0 Å². The van der Waals surface area contributed by atoms with Gasteiger partial charge in [-0.05, 0) is 37.0 Å². The van der Waals surface area contributed by atoms with Gasteiger partial charge in [-0.3, -0.25) is 4.79 Å². The van der Waals surface area contributed by atoms with Crippen molar-refractivity contribution in [2.24, 2.45) is 0 Å². The van der Waals surface area contributed by atoms with E-state index in [0.717, 1.165) is 27.4 Å². The molecule has 4 rings (SSSR count). The highest BCUT2D eigenvalue weighted by Crippen LogP contribution is 2.40. The third-order valence-corrected chi connectivity index (χ3v) is 5.12. The number of nitrogens with zero attached hydrogens (tertiary/aromatic N) is 3. The summed E-state index contributed by atoms with van der Waals surface area (Å²) in [5.74, 6) is 0.682. The van der Waals surface area contributed by atoms with E-state index in [1.807, 2.05) is 44.4 Å². The summed E-state index contributed by atoms with van der Waals surface area (Å²) < 4.78 is 4.37. The minimum Gasteiger partial charge on any atom is -0.316 e. The molecular formula is C18H16N4OS. The van der Waals surface area contributed by atoms with E-state index >= 15 is 0 Å². The molecule has 5 nitrogen and oxygen atoms in total. The lowest BCUT2D eigenvalue weighted by Crippen LogP contribution is -2.22. The summed E-state index contributed by atoms with van der Waals surface area (Å²) in [6.07, 6.45) is 4.06. The highest BCUT2D eigenvalue weighted by atomic mass is 32.1. The number of carbonyl (C=O) groups is 1. The van der Waals surface area contributed by atoms with E-state index in [1.54, 1.807) is 0 Å². The highest BCUT2D eigenvalue weighted by Gasteiger charge is 2.30. The molecule has 0 unspecified atom stereocenters. The molecule has 1 aliphatic rings. The molecule has 1 aliphatic heterocycles. The van der Waals surface area contributed by atoms with Gasteiger partial charge in [-0.1, -0.05) is 23.8 Å². The van der Waals surface area contributed by atoms with E-state index in [-0.39, 0.29) is 11.8 Å². The first-order valence-corrected chi connectivity index (χ1v) is 8.54. The maximum atomic E-state index is 12.0. The number of fused-ring (bicyclic) bond motifs is 1. The number of aromatic nitrogens is 3. The summed E-state index contributed by atoms with van der Waals surface area (Å²) in [6.45, 7) is 4.02. The second kappa shape index (κ2) is 5.79. The Morgan fingerprint density at radius 3 is 2.75 bits per heavy atom. The van der Waals surface area contributed by atoms with E-state index < -0.39 is 0 Å². The van der Waals surface area contributed by atoms with E-state index in [4.69, 9.17) is 0 Å². The fraction of sp³-hybridized carbons (Fsp3) is 0.222. The van der Waals surface area contributed by atoms with Gasteiger partial charge in [0.2, 0.25) is 5.91 Å². The molecule has 1 atom stereocenters. The maximum Gasteiger partial charge on any atom is 0.225 e. The fourth-order valence-electron chi connectivity index (χ4n) is 3.08. The van der Waals surface area contributed by atoms with E-state index in [9.17, 15) is 4.79 Å². The molecule has 1 N–H and O–H groups in total. The van der Waals surface area contributed by atoms with Crippen molar-refractivity contribution in [1.29, 1.82) is 0 Å². The molecule has 2 aromatic heterocycles. The monoisotopic (exact) mass is 336 g/mol. The van der Waals surface area contributed by atoms with Gasteiger partial charge >= 0.3 is 0 Å². The molecule has 0 radical (unpaired) electrons. The first-order chi connectivity index (χ1) is 11.6. The summed E-state index contributed by atoms with van der Waals surface area (Å²) in [5.41, 5.74) is 5.17. The van der Waals surface area contributed by atoms with Crippen LogP contribution in [0.4, 0.5) is 5.00 Å². The molecule has 0 fully saturated rings. The number of hydrogen-bond acceptors (Lipinski definition) is 5. The number of nitrogens with one attached hydrogen (secondary N) is 1. The number of amides is 1. The summed E-state index contributed by atoms with van der Waals surface area (Å²) in [5, 5.41) is 3.74. The smallest absolute Gasteiger partial charge is 0.225 e. The van der Waals surface area contributed by atoms with Gasteiger partial charge in [0, 0.05) is 35.9 Å². The van der Waals surface area contributed by atoms with Crippen LogP contribution >= 0.6 is 11.5 Å². The average molecular weight is 336 g/mol. The maximum absolute atomic E-state index is 12.0. The van der Waals surface area contributed by atoms with Crippen molar-refractivity contribution >= 4 is 22.4 Å². The lowest BCUT2D eigenvalue weighted by molar-refractivity contribution is -0.116. The Hall–Kier alpha value is -2.60. The zero-order valence-electron chi connectivity index (χ0n) is 13.4. The minimum absolute atomic E-state index is 0.0129. The first kappa shape index (κ1) is 15.0. The molecular weight excluding hydrogens is 320 g/mol. The molecule has 6 heteroatoms. The molecule has 3 aromatic rings. The second-order valence-corrected chi connectivity index (χ2v) is 6.80. The minimum atomic E-state index is -0.0286. The second-order valence-electron chi connectivity index (χ2n) is 6.03. The summed E-state index contributed by atoms with van der Waals surface area (Å²) in [7, 11) is 0. The van der Waals surface area contributed by atoms with Gasteiger partial charge in [0.15, 0.2) is 5.82 Å². The number of anilines is 1. The third kappa shape index (κ3) is 2.59. The van der Waals surface area contributed by atoms with Gasteiger partial charge in [0.05, 0.1) is 5.69 Å². The van der Waals surface area contributed by atoms with E-state index in [1.165, 1.54) is 17.1 Å². The van der Waals surface area contributed by atoms with Crippen molar-refractivity contribution in [2.45, 2.75) is 26.2 Å². The van der Waals surface area contributed by atoms with Crippen molar-refractivity contribution in [3.8, 4) is 11.4 Å². The highest BCUT2D eigenvalue weighted by molar-refractivity contribution is 7.10. The number of rotatable bonds is 2. The zero-order chi connectivity index (χ0) is 16.7. The van der Waals surface area contributed by atoms with Crippen molar-refractivity contribution in [3.05, 3.63) is 59.0 Å². The Kier molecular flexibility index (Phi) is 3.61. The largest absolute Gasteiger partial charge is 0.316 e. The number of carbonyl (C=O) groups excluding carboxylic acids is 1. The Labute approximate surface area is 144 Å². The Morgan fingerprint density at radius 1 is 1.21 bits per heavy atom. The Bertz CT molecular complexity index is 917. The van der Waals surface area contributed by atoms with Crippen LogP contribution in [-0.4, -0.2) is 20.2 Å². The lowest BCUT2D eigenvalue weighted by atomic mass is 9.88. The molecule has 0 aliphatic carbocycles. The lowest BCUT2D eigenvalue weighted by Gasteiger charge is -2.22. The Balaban J connectivity index is 1.71. The van der Waals surface area contributed by atoms with Gasteiger partial charge in [-0.15, -0.1) is 0 Å². The van der Waals surface area contributed by atoms with Crippen LogP contribution in [0.25, 0.3) is 11.4 Å². The average Bonchev–Trinajstić information content (AvgIpc) is 2.95. The molecule has 3 heterocycles. The quantitative estimate of drug-likeness (QED) is 0.775. The van der Waals surface area contributed by atoms with Crippen LogP contribution in [0.15, 0.2) is 36.7 Å². The predicted molar refractivity (Wildman–Crippen MR) is 94.1 cm³/mol. The molecule has 120 valence electrons. The fourth-order valence-corrected chi connectivity index (χ4v) is 3.95. The van der Waals surface area contributed by atoms with Crippen molar-refractivity contribution < 1.29 is 4.79 Å². The van der Waals surface area contributed by atoms with Crippen LogP contribution in [-0.2, 0) is 4.79 Å². The van der Waals surface area contributed by atoms with Gasteiger partial charge in [-0.2, -0.15) is 4.37 Å². The van der Waals surface area contributed by atoms with Gasteiger partial charge in [-0.25, -0.2) is 9.97 Å². The van der Waals surface area contributed by atoms with E-state index in [0.29, 0.717) is 12.2 Å². The van der Waals surface area contributed by atoms with Crippen LogP contribution in [0.5, 0.6) is 0 Å². The van der Waals surface area contributed by atoms with Gasteiger partial charge in [0.1, 0.15) is 5.00 Å². The molecule has 1 aromatic carbocycles. The van der Waals surface area contributed by atoms with Gasteiger partial charge < -0.3 is 5.32 Å². The molecule has 0 bridgehead atoms. The molecule has 0 saturated carbocycles. The third-order valence-electron chi connectivity index (χ3n) is 4.25. The summed E-state index contributed by atoms with van der Waals surface area (Å²) >= 11 is 1.33. The molecule has 24 heavy (non-hydrogen) atoms. The van der Waals surface area contributed by atoms with Gasteiger partial charge in [0.25, 0.3) is 0 Å². The van der Waals surface area contributed by atoms with E-state index in [2.05, 4.69) is 25.7 Å². The normalized spacial score (nSPS) is 16.6.